The van der Waals surface area contributed by atoms with Crippen LogP contribution in [0, 0.1) is 6.92 Å². The molecule has 0 aliphatic carbocycles. The number of benzene rings is 2. The van der Waals surface area contributed by atoms with Gasteiger partial charge in [-0.2, -0.15) is 4.31 Å². The van der Waals surface area contributed by atoms with Crippen molar-refractivity contribution in [2.45, 2.75) is 24.8 Å². The summed E-state index contributed by atoms with van der Waals surface area (Å²) in [6.07, 6.45) is 1.60. The van der Waals surface area contributed by atoms with Crippen LogP contribution in [-0.2, 0) is 19.6 Å². The van der Waals surface area contributed by atoms with E-state index in [-0.39, 0.29) is 43.7 Å². The van der Waals surface area contributed by atoms with E-state index in [1.165, 1.54) is 9.21 Å². The number of urea groups is 1. The summed E-state index contributed by atoms with van der Waals surface area (Å²) in [5.41, 5.74) is 2.55. The number of aryl methyl sites for hydroxylation is 1. The molecule has 1 N–H and O–H groups in total. The molecule has 1 unspecified atom stereocenters. The van der Waals surface area contributed by atoms with Crippen molar-refractivity contribution in [2.75, 3.05) is 53.0 Å². The molecule has 0 radical (unpaired) electrons. The van der Waals surface area contributed by atoms with E-state index in [2.05, 4.69) is 16.8 Å². The Morgan fingerprint density at radius 2 is 1.73 bits per heavy atom. The summed E-state index contributed by atoms with van der Waals surface area (Å²) in [5.74, 6) is 0.132. The molecule has 1 fully saturated rings. The number of rotatable bonds is 10. The van der Waals surface area contributed by atoms with Crippen LogP contribution in [0.4, 0.5) is 4.79 Å². The van der Waals surface area contributed by atoms with E-state index in [1.807, 2.05) is 6.92 Å². The van der Waals surface area contributed by atoms with E-state index in [4.69, 9.17) is 9.47 Å². The third kappa shape index (κ3) is 6.22. The summed E-state index contributed by atoms with van der Waals surface area (Å²) in [5, 5.41) is 2.94. The van der Waals surface area contributed by atoms with Crippen molar-refractivity contribution in [1.82, 2.24) is 19.4 Å². The second-order valence-electron chi connectivity index (χ2n) is 9.63. The molecular formula is C29H36N4O6S. The molecular weight excluding hydrogens is 532 g/mol. The number of esters is 1. The Kier molecular flexibility index (Phi) is 9.28. The van der Waals surface area contributed by atoms with Crippen LogP contribution < -0.4 is 10.1 Å². The van der Waals surface area contributed by atoms with Gasteiger partial charge in [0.2, 0.25) is 10.0 Å². The standard InChI is InChI=1S/C29H36N4O6S/c1-5-15-33-25(20-31-16-18-32(19-17-31)40(36,37)24-13-7-21(3)8-14-24)26(28(34)39-6-2)27(30-29(33)35)22-9-11-23(38-4)12-10-22/h5,7-14,27H,1,6,15-20H2,2-4H3,(H,30,35). The molecule has 2 aliphatic rings. The van der Waals surface area contributed by atoms with Crippen molar-refractivity contribution in [2.24, 2.45) is 0 Å². The Balaban J connectivity index is 1.63. The quantitative estimate of drug-likeness (QED) is 0.347. The maximum atomic E-state index is 13.4. The molecule has 0 saturated carbocycles. The van der Waals surface area contributed by atoms with Gasteiger partial charge in [-0.3, -0.25) is 9.80 Å². The number of ether oxygens (including phenoxy) is 2. The van der Waals surface area contributed by atoms with E-state index in [9.17, 15) is 18.0 Å². The molecule has 4 rings (SSSR count). The average molecular weight is 569 g/mol. The highest BCUT2D eigenvalue weighted by Crippen LogP contribution is 2.33. The predicted molar refractivity (Wildman–Crippen MR) is 151 cm³/mol. The van der Waals surface area contributed by atoms with E-state index in [0.717, 1.165) is 5.56 Å². The molecule has 2 aliphatic heterocycles. The van der Waals surface area contributed by atoms with Gasteiger partial charge in [-0.05, 0) is 43.7 Å². The molecule has 2 aromatic rings. The summed E-state index contributed by atoms with van der Waals surface area (Å²) in [6, 6.07) is 12.9. The number of hydrogen-bond acceptors (Lipinski definition) is 7. The van der Waals surface area contributed by atoms with Crippen LogP contribution in [0.25, 0.3) is 0 Å². The second kappa shape index (κ2) is 12.7. The fraction of sp³-hybridized carbons (Fsp3) is 0.379. The van der Waals surface area contributed by atoms with Crippen LogP contribution in [0.2, 0.25) is 0 Å². The van der Waals surface area contributed by atoms with Gasteiger partial charge in [-0.1, -0.05) is 35.9 Å². The Morgan fingerprint density at radius 3 is 2.30 bits per heavy atom. The van der Waals surface area contributed by atoms with Gasteiger partial charge in [0, 0.05) is 45.0 Å². The van der Waals surface area contributed by atoms with Crippen molar-refractivity contribution < 1.29 is 27.5 Å². The highest BCUT2D eigenvalue weighted by atomic mass is 32.2. The summed E-state index contributed by atoms with van der Waals surface area (Å²) in [7, 11) is -2.06. The van der Waals surface area contributed by atoms with E-state index >= 15 is 0 Å². The minimum absolute atomic E-state index is 0.176. The van der Waals surface area contributed by atoms with Crippen LogP contribution in [0.5, 0.6) is 5.75 Å². The zero-order valence-electron chi connectivity index (χ0n) is 23.1. The van der Waals surface area contributed by atoms with Crippen molar-refractivity contribution in [1.29, 1.82) is 0 Å². The first-order valence-corrected chi connectivity index (χ1v) is 14.7. The molecule has 2 aromatic carbocycles. The molecule has 10 nitrogen and oxygen atoms in total. The number of sulfonamides is 1. The van der Waals surface area contributed by atoms with Gasteiger partial charge in [0.05, 0.1) is 30.2 Å². The van der Waals surface area contributed by atoms with Crippen LogP contribution in [0.1, 0.15) is 24.1 Å². The van der Waals surface area contributed by atoms with Crippen molar-refractivity contribution in [3.05, 3.63) is 83.6 Å². The van der Waals surface area contributed by atoms with Gasteiger partial charge in [0.1, 0.15) is 5.75 Å². The Bertz CT molecular complexity index is 1360. The predicted octanol–water partition coefficient (Wildman–Crippen LogP) is 3.08. The second-order valence-corrected chi connectivity index (χ2v) is 11.6. The number of carbonyl (C=O) groups is 2. The first-order valence-electron chi connectivity index (χ1n) is 13.2. The van der Waals surface area contributed by atoms with E-state index in [1.54, 1.807) is 68.6 Å². The third-order valence-electron chi connectivity index (χ3n) is 7.06. The zero-order valence-corrected chi connectivity index (χ0v) is 23.9. The van der Waals surface area contributed by atoms with Gasteiger partial charge in [-0.25, -0.2) is 18.0 Å². The number of carbonyl (C=O) groups excluding carboxylic acids is 2. The molecule has 1 saturated heterocycles. The summed E-state index contributed by atoms with van der Waals surface area (Å²) in [4.78, 5) is 30.5. The number of nitrogens with zero attached hydrogens (tertiary/aromatic N) is 3. The zero-order chi connectivity index (χ0) is 28.9. The lowest BCUT2D eigenvalue weighted by Crippen LogP contribution is -2.53. The molecule has 0 bridgehead atoms. The molecule has 0 aromatic heterocycles. The monoisotopic (exact) mass is 568 g/mol. The topological polar surface area (TPSA) is 108 Å². The molecule has 0 spiro atoms. The van der Waals surface area contributed by atoms with Gasteiger partial charge >= 0.3 is 12.0 Å². The lowest BCUT2D eigenvalue weighted by atomic mass is 9.94. The highest BCUT2D eigenvalue weighted by Gasteiger charge is 2.39. The molecule has 2 heterocycles. The first-order chi connectivity index (χ1) is 19.2. The number of amides is 2. The van der Waals surface area contributed by atoms with Crippen LogP contribution in [0.15, 0.2) is 77.4 Å². The molecule has 11 heteroatoms. The minimum Gasteiger partial charge on any atom is -0.497 e. The van der Waals surface area contributed by atoms with E-state index in [0.29, 0.717) is 35.7 Å². The molecule has 2 amide bonds. The third-order valence-corrected chi connectivity index (χ3v) is 8.97. The maximum Gasteiger partial charge on any atom is 0.338 e. The number of nitrogens with one attached hydrogen (secondary N) is 1. The van der Waals surface area contributed by atoms with Crippen molar-refractivity contribution in [3.63, 3.8) is 0 Å². The Hall–Kier alpha value is -3.67. The number of methoxy groups -OCH3 is 1. The smallest absolute Gasteiger partial charge is 0.338 e. The lowest BCUT2D eigenvalue weighted by molar-refractivity contribution is -0.139. The number of piperazine rings is 1. The maximum absolute atomic E-state index is 13.4. The summed E-state index contributed by atoms with van der Waals surface area (Å²) >= 11 is 0. The van der Waals surface area contributed by atoms with Crippen molar-refractivity contribution >= 4 is 22.0 Å². The normalized spacial score (nSPS) is 18.8. The van der Waals surface area contributed by atoms with Gasteiger partial charge in [0.25, 0.3) is 0 Å². The Morgan fingerprint density at radius 1 is 1.07 bits per heavy atom. The minimum atomic E-state index is -3.62. The van der Waals surface area contributed by atoms with Gasteiger partial charge < -0.3 is 14.8 Å². The van der Waals surface area contributed by atoms with Crippen molar-refractivity contribution in [3.8, 4) is 5.75 Å². The molecule has 214 valence electrons. The largest absolute Gasteiger partial charge is 0.497 e. The fourth-order valence-electron chi connectivity index (χ4n) is 4.89. The van der Waals surface area contributed by atoms with Crippen LogP contribution in [-0.4, -0.2) is 87.5 Å². The summed E-state index contributed by atoms with van der Waals surface area (Å²) in [6.45, 7) is 9.50. The SMILES string of the molecule is C=CCN1C(=O)NC(c2ccc(OC)cc2)C(C(=O)OCC)=C1CN1CCN(S(=O)(=O)c2ccc(C)cc2)CC1. The Labute approximate surface area is 235 Å². The van der Waals surface area contributed by atoms with Crippen LogP contribution in [0.3, 0.4) is 0 Å². The summed E-state index contributed by atoms with van der Waals surface area (Å²) < 4.78 is 38.6. The van der Waals surface area contributed by atoms with Crippen LogP contribution >= 0.6 is 0 Å². The number of hydrogen-bond donors (Lipinski definition) is 1. The molecule has 1 atom stereocenters. The first kappa shape index (κ1) is 29.3. The highest BCUT2D eigenvalue weighted by molar-refractivity contribution is 7.89. The van der Waals surface area contributed by atoms with Gasteiger partial charge in [0.15, 0.2) is 0 Å². The van der Waals surface area contributed by atoms with Gasteiger partial charge in [-0.15, -0.1) is 6.58 Å². The molecule has 40 heavy (non-hydrogen) atoms. The fourth-order valence-corrected chi connectivity index (χ4v) is 6.31. The van der Waals surface area contributed by atoms with E-state index < -0.39 is 22.0 Å². The lowest BCUT2D eigenvalue weighted by Gasteiger charge is -2.40. The average Bonchev–Trinajstić information content (AvgIpc) is 2.95.